The van der Waals surface area contributed by atoms with Crippen LogP contribution in [0.1, 0.15) is 31.2 Å². The van der Waals surface area contributed by atoms with Gasteiger partial charge in [0.1, 0.15) is 11.6 Å². The molecule has 2 N–H and O–H groups in total. The van der Waals surface area contributed by atoms with Crippen LogP contribution >= 0.6 is 12.2 Å². The summed E-state index contributed by atoms with van der Waals surface area (Å²) in [5.41, 5.74) is 2.11. The van der Waals surface area contributed by atoms with Gasteiger partial charge in [-0.3, -0.25) is 4.90 Å². The van der Waals surface area contributed by atoms with Gasteiger partial charge in [0.15, 0.2) is 5.11 Å². The van der Waals surface area contributed by atoms with Crippen LogP contribution in [0.15, 0.2) is 48.5 Å². The maximum absolute atomic E-state index is 13.2. The molecule has 0 aromatic heterocycles. The van der Waals surface area contributed by atoms with Gasteiger partial charge in [0.05, 0.1) is 7.11 Å². The number of rotatable bonds is 5. The fourth-order valence-corrected chi connectivity index (χ4v) is 4.79. The summed E-state index contributed by atoms with van der Waals surface area (Å²) < 4.78 is 18.4. The van der Waals surface area contributed by atoms with E-state index in [-0.39, 0.29) is 5.82 Å². The monoisotopic (exact) mass is 399 g/mol. The summed E-state index contributed by atoms with van der Waals surface area (Å²) in [5.74, 6) is 0.631. The summed E-state index contributed by atoms with van der Waals surface area (Å²) in [6, 6.07) is 16.2. The average Bonchev–Trinajstić information content (AvgIpc) is 2.92. The van der Waals surface area contributed by atoms with Crippen LogP contribution < -0.4 is 15.4 Å². The lowest BCUT2D eigenvalue weighted by atomic mass is 9.96. The SMILES string of the molecule is COc1cccc(NC(=S)NC2C[C@@H]3CC[C@@H](C2)N3Cc2ccc(F)cc2)c1. The highest BCUT2D eigenvalue weighted by Gasteiger charge is 2.40. The third-order valence-electron chi connectivity index (χ3n) is 5.83. The summed E-state index contributed by atoms with van der Waals surface area (Å²) >= 11 is 5.53. The topological polar surface area (TPSA) is 36.5 Å². The van der Waals surface area contributed by atoms with E-state index in [4.69, 9.17) is 17.0 Å². The third kappa shape index (κ3) is 4.45. The number of hydrogen-bond donors (Lipinski definition) is 2. The van der Waals surface area contributed by atoms with Crippen molar-refractivity contribution in [2.75, 3.05) is 12.4 Å². The summed E-state index contributed by atoms with van der Waals surface area (Å²) in [7, 11) is 1.66. The second-order valence-corrected chi connectivity index (χ2v) is 8.09. The highest BCUT2D eigenvalue weighted by molar-refractivity contribution is 7.80. The van der Waals surface area contributed by atoms with Gasteiger partial charge in [0, 0.05) is 36.4 Å². The molecule has 148 valence electrons. The van der Waals surface area contributed by atoms with Crippen LogP contribution in [0.4, 0.5) is 10.1 Å². The van der Waals surface area contributed by atoms with E-state index >= 15 is 0 Å². The molecule has 2 fully saturated rings. The fourth-order valence-electron chi connectivity index (χ4n) is 4.50. The first kappa shape index (κ1) is 19.2. The summed E-state index contributed by atoms with van der Waals surface area (Å²) in [6.45, 7) is 0.898. The molecule has 28 heavy (non-hydrogen) atoms. The number of benzene rings is 2. The quantitative estimate of drug-likeness (QED) is 0.733. The molecule has 0 unspecified atom stereocenters. The lowest BCUT2D eigenvalue weighted by Crippen LogP contribution is -2.50. The molecular weight excluding hydrogens is 373 g/mol. The number of fused-ring (bicyclic) bond motifs is 2. The first-order chi connectivity index (χ1) is 13.6. The zero-order valence-electron chi connectivity index (χ0n) is 16.0. The molecule has 2 aromatic rings. The highest BCUT2D eigenvalue weighted by atomic mass is 32.1. The Morgan fingerprint density at radius 1 is 1.14 bits per heavy atom. The zero-order valence-corrected chi connectivity index (χ0v) is 16.8. The molecule has 2 aliphatic rings. The van der Waals surface area contributed by atoms with Gasteiger partial charge in [-0.05, 0) is 67.7 Å². The summed E-state index contributed by atoms with van der Waals surface area (Å²) in [4.78, 5) is 2.59. The van der Waals surface area contributed by atoms with E-state index in [9.17, 15) is 4.39 Å². The average molecular weight is 400 g/mol. The van der Waals surface area contributed by atoms with Crippen LogP contribution in [0.2, 0.25) is 0 Å². The van der Waals surface area contributed by atoms with E-state index < -0.39 is 0 Å². The van der Waals surface area contributed by atoms with E-state index in [0.717, 1.165) is 30.8 Å². The normalized spacial score (nSPS) is 24.0. The number of halogens is 1. The van der Waals surface area contributed by atoms with Crippen molar-refractivity contribution in [2.45, 2.75) is 50.4 Å². The molecule has 2 bridgehead atoms. The molecule has 2 atom stereocenters. The minimum atomic E-state index is -0.174. The second kappa shape index (κ2) is 8.45. The van der Waals surface area contributed by atoms with Crippen LogP contribution in [0.25, 0.3) is 0 Å². The largest absolute Gasteiger partial charge is 0.497 e. The predicted molar refractivity (Wildman–Crippen MR) is 114 cm³/mol. The van der Waals surface area contributed by atoms with Crippen molar-refractivity contribution < 1.29 is 9.13 Å². The van der Waals surface area contributed by atoms with Crippen molar-refractivity contribution in [3.8, 4) is 5.75 Å². The number of thiocarbonyl (C=S) groups is 1. The number of piperidine rings is 1. The van der Waals surface area contributed by atoms with Crippen molar-refractivity contribution in [3.63, 3.8) is 0 Å². The molecule has 0 saturated carbocycles. The standard InChI is InChI=1S/C22H26FN3OS/c1-27-21-4-2-3-17(13-21)24-22(28)25-18-11-19-9-10-20(12-18)26(19)14-15-5-7-16(23)8-6-15/h2-8,13,18-20H,9-12,14H2,1H3,(H2,24,25,28)/t19-,20-/m0/s1. The lowest BCUT2D eigenvalue weighted by molar-refractivity contribution is 0.115. The van der Waals surface area contributed by atoms with Gasteiger partial charge in [0.25, 0.3) is 0 Å². The van der Waals surface area contributed by atoms with Crippen LogP contribution in [0.3, 0.4) is 0 Å². The number of anilines is 1. The van der Waals surface area contributed by atoms with Gasteiger partial charge >= 0.3 is 0 Å². The van der Waals surface area contributed by atoms with Crippen molar-refractivity contribution in [2.24, 2.45) is 0 Å². The Morgan fingerprint density at radius 3 is 2.54 bits per heavy atom. The molecule has 4 rings (SSSR count). The minimum Gasteiger partial charge on any atom is -0.497 e. The van der Waals surface area contributed by atoms with Crippen LogP contribution in [-0.4, -0.2) is 35.2 Å². The summed E-state index contributed by atoms with van der Waals surface area (Å²) in [6.07, 6.45) is 4.61. The molecule has 2 aromatic carbocycles. The third-order valence-corrected chi connectivity index (χ3v) is 6.05. The number of nitrogens with zero attached hydrogens (tertiary/aromatic N) is 1. The molecule has 4 nitrogen and oxygen atoms in total. The molecule has 0 spiro atoms. The number of nitrogens with one attached hydrogen (secondary N) is 2. The van der Waals surface area contributed by atoms with Crippen LogP contribution in [0.5, 0.6) is 5.75 Å². The van der Waals surface area contributed by atoms with Crippen LogP contribution in [-0.2, 0) is 6.54 Å². The Hall–Kier alpha value is -2.18. The molecule has 2 heterocycles. The molecule has 0 aliphatic carbocycles. The van der Waals surface area contributed by atoms with E-state index in [1.807, 2.05) is 36.4 Å². The number of methoxy groups -OCH3 is 1. The van der Waals surface area contributed by atoms with Crippen LogP contribution in [0, 0.1) is 5.82 Å². The molecule has 0 amide bonds. The Balaban J connectivity index is 1.32. The van der Waals surface area contributed by atoms with Gasteiger partial charge in [-0.15, -0.1) is 0 Å². The predicted octanol–water partition coefficient (Wildman–Crippen LogP) is 4.32. The van der Waals surface area contributed by atoms with Gasteiger partial charge in [-0.1, -0.05) is 18.2 Å². The minimum absolute atomic E-state index is 0.174. The van der Waals surface area contributed by atoms with Gasteiger partial charge in [-0.2, -0.15) is 0 Å². The first-order valence-corrected chi connectivity index (χ1v) is 10.2. The van der Waals surface area contributed by atoms with E-state index in [2.05, 4.69) is 15.5 Å². The lowest BCUT2D eigenvalue weighted by Gasteiger charge is -2.39. The maximum atomic E-state index is 13.2. The van der Waals surface area contributed by atoms with Crippen molar-refractivity contribution in [1.29, 1.82) is 0 Å². The Bertz CT molecular complexity index is 815. The highest BCUT2D eigenvalue weighted by Crippen LogP contribution is 2.37. The smallest absolute Gasteiger partial charge is 0.170 e. The molecule has 6 heteroatoms. The number of hydrogen-bond acceptors (Lipinski definition) is 3. The van der Waals surface area contributed by atoms with Gasteiger partial charge in [-0.25, -0.2) is 4.39 Å². The molecule has 0 radical (unpaired) electrons. The fraction of sp³-hybridized carbons (Fsp3) is 0.409. The van der Waals surface area contributed by atoms with Gasteiger partial charge in [0.2, 0.25) is 0 Å². The van der Waals surface area contributed by atoms with Gasteiger partial charge < -0.3 is 15.4 Å². The Labute approximate surface area is 171 Å². The number of ether oxygens (including phenoxy) is 1. The van der Waals surface area contributed by atoms with Crippen molar-refractivity contribution in [3.05, 3.63) is 59.9 Å². The zero-order chi connectivity index (χ0) is 19.5. The molecular formula is C22H26FN3OS. The second-order valence-electron chi connectivity index (χ2n) is 7.68. The molecule has 2 aliphatic heterocycles. The van der Waals surface area contributed by atoms with Crippen molar-refractivity contribution in [1.82, 2.24) is 10.2 Å². The van der Waals surface area contributed by atoms with Crippen molar-refractivity contribution >= 4 is 23.0 Å². The Kier molecular flexibility index (Phi) is 5.78. The van der Waals surface area contributed by atoms with E-state index in [1.54, 1.807) is 19.2 Å². The maximum Gasteiger partial charge on any atom is 0.170 e. The van der Waals surface area contributed by atoms with E-state index in [0.29, 0.717) is 23.2 Å². The molecule has 2 saturated heterocycles. The first-order valence-electron chi connectivity index (χ1n) is 9.82. The summed E-state index contributed by atoms with van der Waals surface area (Å²) in [5, 5.41) is 7.42. The van der Waals surface area contributed by atoms with E-state index in [1.165, 1.54) is 18.4 Å². The Morgan fingerprint density at radius 2 is 1.86 bits per heavy atom.